The Morgan fingerprint density at radius 1 is 1.54 bits per heavy atom. The van der Waals surface area contributed by atoms with Gasteiger partial charge in [0.15, 0.2) is 0 Å². The van der Waals surface area contributed by atoms with Crippen LogP contribution in [0.4, 0.5) is 0 Å². The maximum atomic E-state index is 11.4. The number of carbonyl (C=O) groups excluding carboxylic acids is 1. The van der Waals surface area contributed by atoms with Crippen LogP contribution in [0.5, 0.6) is 0 Å². The zero-order valence-electron chi connectivity index (χ0n) is 7.30. The van der Waals surface area contributed by atoms with Crippen molar-refractivity contribution in [1.82, 2.24) is 5.32 Å². The highest BCUT2D eigenvalue weighted by atomic mass is 35.5. The predicted molar refractivity (Wildman–Crippen MR) is 52.0 cm³/mol. The number of nitrogens with one attached hydrogen (secondary N) is 1. The molecule has 0 aliphatic carbocycles. The van der Waals surface area contributed by atoms with Gasteiger partial charge < -0.3 is 5.32 Å². The van der Waals surface area contributed by atoms with Gasteiger partial charge in [0.25, 0.3) is 5.91 Å². The summed E-state index contributed by atoms with van der Waals surface area (Å²) in [6.07, 6.45) is 0.902. The van der Waals surface area contributed by atoms with Crippen molar-refractivity contribution in [3.63, 3.8) is 0 Å². The van der Waals surface area contributed by atoms with Crippen LogP contribution in [0.2, 0.25) is 5.02 Å². The average Bonchev–Trinajstić information content (AvgIpc) is 2.42. The molecule has 0 unspecified atom stereocenters. The predicted octanol–water partition coefficient (Wildman–Crippen LogP) is 2.53. The molecule has 0 bridgehead atoms. The second-order valence-corrected chi connectivity index (χ2v) is 3.60. The third-order valence-corrected chi connectivity index (χ3v) is 2.58. The SMILES string of the molecule is CC[C@H]1NC(=O)c2ccc(Cl)cc21. The fraction of sp³-hybridized carbons (Fsp3) is 0.300. The Labute approximate surface area is 81.9 Å². The molecule has 0 saturated carbocycles. The lowest BCUT2D eigenvalue weighted by molar-refractivity contribution is 0.0955. The van der Waals surface area contributed by atoms with Crippen molar-refractivity contribution in [1.29, 1.82) is 0 Å². The first-order valence-corrected chi connectivity index (χ1v) is 4.70. The van der Waals surface area contributed by atoms with Gasteiger partial charge in [-0.25, -0.2) is 0 Å². The highest BCUT2D eigenvalue weighted by molar-refractivity contribution is 6.30. The zero-order valence-corrected chi connectivity index (χ0v) is 8.06. The van der Waals surface area contributed by atoms with E-state index in [2.05, 4.69) is 5.32 Å². The first-order valence-electron chi connectivity index (χ1n) is 4.32. The first kappa shape index (κ1) is 8.57. The van der Waals surface area contributed by atoms with Gasteiger partial charge in [-0.2, -0.15) is 0 Å². The first-order chi connectivity index (χ1) is 6.22. The lowest BCUT2D eigenvalue weighted by Crippen LogP contribution is -2.17. The summed E-state index contributed by atoms with van der Waals surface area (Å²) < 4.78 is 0. The van der Waals surface area contributed by atoms with Crippen molar-refractivity contribution in [3.05, 3.63) is 34.3 Å². The maximum Gasteiger partial charge on any atom is 0.252 e. The van der Waals surface area contributed by atoms with E-state index < -0.39 is 0 Å². The van der Waals surface area contributed by atoms with Crippen molar-refractivity contribution in [2.24, 2.45) is 0 Å². The number of amides is 1. The summed E-state index contributed by atoms with van der Waals surface area (Å²) in [5.41, 5.74) is 1.79. The lowest BCUT2D eigenvalue weighted by atomic mass is 10.0. The van der Waals surface area contributed by atoms with Crippen LogP contribution in [0.15, 0.2) is 18.2 Å². The summed E-state index contributed by atoms with van der Waals surface area (Å²) in [6.45, 7) is 2.04. The third kappa shape index (κ3) is 1.31. The second-order valence-electron chi connectivity index (χ2n) is 3.17. The topological polar surface area (TPSA) is 29.1 Å². The largest absolute Gasteiger partial charge is 0.345 e. The third-order valence-electron chi connectivity index (χ3n) is 2.35. The number of rotatable bonds is 1. The standard InChI is InChI=1S/C10H10ClNO/c1-2-9-8-5-6(11)3-4-7(8)10(13)12-9/h3-5,9H,2H2,1H3,(H,12,13)/t9-/m1/s1. The minimum absolute atomic E-state index is 0.0125. The second kappa shape index (κ2) is 3.04. The highest BCUT2D eigenvalue weighted by Crippen LogP contribution is 2.29. The molecule has 13 heavy (non-hydrogen) atoms. The van der Waals surface area contributed by atoms with Gasteiger partial charge in [-0.1, -0.05) is 18.5 Å². The summed E-state index contributed by atoms with van der Waals surface area (Å²) in [4.78, 5) is 11.4. The summed E-state index contributed by atoms with van der Waals surface area (Å²) in [5.74, 6) is 0.0125. The molecule has 1 aromatic rings. The molecular formula is C10H10ClNO. The van der Waals surface area contributed by atoms with Crippen LogP contribution in [0.25, 0.3) is 0 Å². The molecule has 1 heterocycles. The molecule has 0 radical (unpaired) electrons. The highest BCUT2D eigenvalue weighted by Gasteiger charge is 2.26. The zero-order chi connectivity index (χ0) is 9.42. The maximum absolute atomic E-state index is 11.4. The fourth-order valence-electron chi connectivity index (χ4n) is 1.66. The molecule has 1 amide bonds. The molecule has 1 aromatic carbocycles. The Morgan fingerprint density at radius 2 is 2.31 bits per heavy atom. The summed E-state index contributed by atoms with van der Waals surface area (Å²) in [5, 5.41) is 3.59. The summed E-state index contributed by atoms with van der Waals surface area (Å²) >= 11 is 5.85. The Morgan fingerprint density at radius 3 is 3.00 bits per heavy atom. The lowest BCUT2D eigenvalue weighted by Gasteiger charge is -2.07. The van der Waals surface area contributed by atoms with E-state index in [-0.39, 0.29) is 11.9 Å². The fourth-order valence-corrected chi connectivity index (χ4v) is 1.84. The number of carbonyl (C=O) groups is 1. The molecule has 1 N–H and O–H groups in total. The van der Waals surface area contributed by atoms with Gasteiger partial charge in [0.2, 0.25) is 0 Å². The average molecular weight is 196 g/mol. The number of benzene rings is 1. The van der Waals surface area contributed by atoms with Crippen molar-refractivity contribution in [3.8, 4) is 0 Å². The van der Waals surface area contributed by atoms with E-state index in [4.69, 9.17) is 11.6 Å². The molecule has 2 nitrogen and oxygen atoms in total. The van der Waals surface area contributed by atoms with Crippen LogP contribution in [-0.4, -0.2) is 5.91 Å². The monoisotopic (exact) mass is 195 g/mol. The number of fused-ring (bicyclic) bond motifs is 1. The van der Waals surface area contributed by atoms with Gasteiger partial charge in [0, 0.05) is 10.6 Å². The van der Waals surface area contributed by atoms with E-state index in [9.17, 15) is 4.79 Å². The van der Waals surface area contributed by atoms with E-state index in [1.54, 1.807) is 12.1 Å². The molecular weight excluding hydrogens is 186 g/mol. The van der Waals surface area contributed by atoms with Crippen LogP contribution in [0.3, 0.4) is 0 Å². The molecule has 1 atom stereocenters. The van der Waals surface area contributed by atoms with Gasteiger partial charge >= 0.3 is 0 Å². The molecule has 1 aliphatic heterocycles. The molecule has 68 valence electrons. The van der Waals surface area contributed by atoms with Gasteiger partial charge in [-0.05, 0) is 30.2 Å². The summed E-state index contributed by atoms with van der Waals surface area (Å²) in [6, 6.07) is 5.53. The minimum atomic E-state index is 0.0125. The number of hydrogen-bond acceptors (Lipinski definition) is 1. The molecule has 0 saturated heterocycles. The van der Waals surface area contributed by atoms with Crippen molar-refractivity contribution >= 4 is 17.5 Å². The van der Waals surface area contributed by atoms with Gasteiger partial charge in [-0.3, -0.25) is 4.79 Å². The van der Waals surface area contributed by atoms with Crippen LogP contribution >= 0.6 is 11.6 Å². The molecule has 2 rings (SSSR count). The summed E-state index contributed by atoms with van der Waals surface area (Å²) in [7, 11) is 0. The van der Waals surface area contributed by atoms with Crippen molar-refractivity contribution < 1.29 is 4.79 Å². The van der Waals surface area contributed by atoms with Crippen LogP contribution < -0.4 is 5.32 Å². The molecule has 1 aliphatic rings. The Kier molecular flexibility index (Phi) is 2.00. The van der Waals surface area contributed by atoms with E-state index in [1.165, 1.54) is 0 Å². The molecule has 0 aromatic heterocycles. The van der Waals surface area contributed by atoms with Crippen molar-refractivity contribution in [2.45, 2.75) is 19.4 Å². The van der Waals surface area contributed by atoms with E-state index in [1.807, 2.05) is 13.0 Å². The van der Waals surface area contributed by atoms with E-state index in [0.29, 0.717) is 5.02 Å². The Hall–Kier alpha value is -1.02. The van der Waals surface area contributed by atoms with Crippen LogP contribution in [-0.2, 0) is 0 Å². The van der Waals surface area contributed by atoms with Gasteiger partial charge in [-0.15, -0.1) is 0 Å². The molecule has 0 spiro atoms. The van der Waals surface area contributed by atoms with Gasteiger partial charge in [0.1, 0.15) is 0 Å². The van der Waals surface area contributed by atoms with Crippen LogP contribution in [0.1, 0.15) is 35.3 Å². The van der Waals surface area contributed by atoms with Gasteiger partial charge in [0.05, 0.1) is 6.04 Å². The number of hydrogen-bond donors (Lipinski definition) is 1. The van der Waals surface area contributed by atoms with Crippen LogP contribution in [0, 0.1) is 0 Å². The Bertz CT molecular complexity index is 362. The quantitative estimate of drug-likeness (QED) is 0.733. The smallest absolute Gasteiger partial charge is 0.252 e. The minimum Gasteiger partial charge on any atom is -0.345 e. The molecule has 3 heteroatoms. The van der Waals surface area contributed by atoms with E-state index >= 15 is 0 Å². The Balaban J connectivity index is 2.52. The number of halogens is 1. The molecule has 0 fully saturated rings. The van der Waals surface area contributed by atoms with Crippen molar-refractivity contribution in [2.75, 3.05) is 0 Å². The van der Waals surface area contributed by atoms with E-state index in [0.717, 1.165) is 17.5 Å². The normalized spacial score (nSPS) is 19.8.